The van der Waals surface area contributed by atoms with Gasteiger partial charge in [0.15, 0.2) is 0 Å². The highest BCUT2D eigenvalue weighted by Gasteiger charge is 2.26. The molecule has 0 aliphatic heterocycles. The third-order valence-electron chi connectivity index (χ3n) is 5.82. The van der Waals surface area contributed by atoms with Crippen LogP contribution < -0.4 is 5.56 Å². The Balaban J connectivity index is 1.74. The molecule has 0 fully saturated rings. The maximum absolute atomic E-state index is 13.7. The first-order chi connectivity index (χ1) is 17.2. The van der Waals surface area contributed by atoms with Gasteiger partial charge in [0.25, 0.3) is 5.56 Å². The second-order valence-electron chi connectivity index (χ2n) is 8.55. The highest BCUT2D eigenvalue weighted by atomic mass is 32.2. The van der Waals surface area contributed by atoms with Crippen LogP contribution in [0.4, 0.5) is 0 Å². The third-order valence-corrected chi connectivity index (χ3v) is 7.63. The number of ether oxygens (including phenoxy) is 1. The van der Waals surface area contributed by atoms with Gasteiger partial charge in [-0.25, -0.2) is 13.2 Å². The average Bonchev–Trinajstić information content (AvgIpc) is 2.85. The Morgan fingerprint density at radius 1 is 1.06 bits per heavy atom. The molecule has 2 aromatic carbocycles. The molecular weight excluding hydrogens is 478 g/mol. The van der Waals surface area contributed by atoms with Crippen LogP contribution in [0.15, 0.2) is 76.7 Å². The van der Waals surface area contributed by atoms with Gasteiger partial charge in [0.05, 0.1) is 17.1 Å². The number of nitrogens with zero attached hydrogens (tertiary/aromatic N) is 2. The van der Waals surface area contributed by atoms with E-state index in [1.807, 2.05) is 26.0 Å². The summed E-state index contributed by atoms with van der Waals surface area (Å²) < 4.78 is 33.6. The van der Waals surface area contributed by atoms with Crippen LogP contribution in [0.25, 0.3) is 10.9 Å². The van der Waals surface area contributed by atoms with Gasteiger partial charge in [0.2, 0.25) is 10.0 Å². The number of pyridine rings is 2. The largest absolute Gasteiger partial charge is 0.462 e. The summed E-state index contributed by atoms with van der Waals surface area (Å²) >= 11 is 0. The SMILES string of the molecule is CCOC(=O)c1ccc(S(=O)(=O)N(Cc2cccnc2)Cc2cc3c(C)cc(C)cc3[nH]c2=O)cc1. The fourth-order valence-corrected chi connectivity index (χ4v) is 5.48. The summed E-state index contributed by atoms with van der Waals surface area (Å²) in [5.74, 6) is -0.526. The highest BCUT2D eigenvalue weighted by Crippen LogP contribution is 2.23. The molecule has 4 aromatic rings. The van der Waals surface area contributed by atoms with Crippen molar-refractivity contribution in [2.75, 3.05) is 6.61 Å². The minimum Gasteiger partial charge on any atom is -0.462 e. The number of benzene rings is 2. The molecule has 2 aromatic heterocycles. The number of esters is 1. The van der Waals surface area contributed by atoms with Crippen LogP contribution in [0.5, 0.6) is 0 Å². The third kappa shape index (κ3) is 5.37. The second-order valence-corrected chi connectivity index (χ2v) is 10.5. The summed E-state index contributed by atoms with van der Waals surface area (Å²) in [6.07, 6.45) is 3.19. The number of hydrogen-bond acceptors (Lipinski definition) is 6. The highest BCUT2D eigenvalue weighted by molar-refractivity contribution is 7.89. The summed E-state index contributed by atoms with van der Waals surface area (Å²) in [5, 5.41) is 0.854. The van der Waals surface area contributed by atoms with E-state index in [9.17, 15) is 18.0 Å². The van der Waals surface area contributed by atoms with Crippen LogP contribution in [0, 0.1) is 13.8 Å². The molecule has 0 radical (unpaired) electrons. The van der Waals surface area contributed by atoms with Gasteiger partial charge in [-0.3, -0.25) is 9.78 Å². The van der Waals surface area contributed by atoms with Crippen molar-refractivity contribution in [2.45, 2.75) is 38.8 Å². The number of fused-ring (bicyclic) bond motifs is 1. The zero-order chi connectivity index (χ0) is 25.9. The molecule has 0 aliphatic rings. The number of rotatable bonds is 8. The van der Waals surface area contributed by atoms with Gasteiger partial charge in [-0.2, -0.15) is 4.31 Å². The normalized spacial score (nSPS) is 11.7. The van der Waals surface area contributed by atoms with E-state index in [1.165, 1.54) is 28.6 Å². The van der Waals surface area contributed by atoms with Crippen LogP contribution in [0.2, 0.25) is 0 Å². The molecule has 0 unspecified atom stereocenters. The average molecular weight is 506 g/mol. The Morgan fingerprint density at radius 2 is 1.81 bits per heavy atom. The molecule has 0 amide bonds. The van der Waals surface area contributed by atoms with Crippen molar-refractivity contribution in [3.05, 3.63) is 105 Å². The van der Waals surface area contributed by atoms with E-state index in [0.717, 1.165) is 16.5 Å². The summed E-state index contributed by atoms with van der Waals surface area (Å²) in [4.78, 5) is 31.9. The first-order valence-electron chi connectivity index (χ1n) is 11.5. The fraction of sp³-hybridized carbons (Fsp3) is 0.222. The number of H-pyrrole nitrogens is 1. The monoisotopic (exact) mass is 505 g/mol. The molecule has 1 N–H and O–H groups in total. The molecule has 8 nitrogen and oxygen atoms in total. The Morgan fingerprint density at radius 3 is 2.47 bits per heavy atom. The van der Waals surface area contributed by atoms with E-state index in [1.54, 1.807) is 37.5 Å². The Kier molecular flexibility index (Phi) is 7.32. The van der Waals surface area contributed by atoms with Crippen LogP contribution >= 0.6 is 0 Å². The molecule has 2 heterocycles. The van der Waals surface area contributed by atoms with Crippen molar-refractivity contribution in [3.63, 3.8) is 0 Å². The number of sulfonamides is 1. The number of hydrogen-bond donors (Lipinski definition) is 1. The summed E-state index contributed by atoms with van der Waals surface area (Å²) in [6, 6.07) is 14.7. The number of aryl methyl sites for hydroxylation is 2. The van der Waals surface area contributed by atoms with Crippen molar-refractivity contribution < 1.29 is 17.9 Å². The van der Waals surface area contributed by atoms with Crippen molar-refractivity contribution in [3.8, 4) is 0 Å². The van der Waals surface area contributed by atoms with Gasteiger partial charge < -0.3 is 9.72 Å². The maximum atomic E-state index is 13.7. The first-order valence-corrected chi connectivity index (χ1v) is 12.9. The van der Waals surface area contributed by atoms with Crippen molar-refractivity contribution in [1.82, 2.24) is 14.3 Å². The molecule has 36 heavy (non-hydrogen) atoms. The molecular formula is C27H27N3O5S. The van der Waals surface area contributed by atoms with Gasteiger partial charge in [-0.05, 0) is 79.9 Å². The Hall–Kier alpha value is -3.82. The predicted molar refractivity (Wildman–Crippen MR) is 137 cm³/mol. The standard InChI is InChI=1S/C27H27N3O5S/c1-4-35-27(32)21-7-9-23(10-8-21)36(33,34)30(16-20-6-5-11-28-15-20)17-22-14-24-19(3)12-18(2)13-25(24)29-26(22)31/h5-15H,4,16-17H2,1-3H3,(H,29,31). The Bertz CT molecular complexity index is 1560. The van der Waals surface area contributed by atoms with Gasteiger partial charge in [0.1, 0.15) is 0 Å². The fourth-order valence-electron chi connectivity index (χ4n) is 4.07. The molecule has 0 saturated carbocycles. The van der Waals surface area contributed by atoms with Crippen LogP contribution in [0.1, 0.15) is 39.5 Å². The van der Waals surface area contributed by atoms with E-state index in [2.05, 4.69) is 9.97 Å². The minimum atomic E-state index is -4.04. The summed E-state index contributed by atoms with van der Waals surface area (Å²) in [7, 11) is -4.04. The number of aromatic amines is 1. The summed E-state index contributed by atoms with van der Waals surface area (Å²) in [6.45, 7) is 5.69. The zero-order valence-corrected chi connectivity index (χ0v) is 21.1. The topological polar surface area (TPSA) is 109 Å². The first kappa shape index (κ1) is 25.3. The van der Waals surface area contributed by atoms with Crippen molar-refractivity contribution in [1.29, 1.82) is 0 Å². The molecule has 0 bridgehead atoms. The van der Waals surface area contributed by atoms with Crippen molar-refractivity contribution in [2.24, 2.45) is 0 Å². The smallest absolute Gasteiger partial charge is 0.338 e. The summed E-state index contributed by atoms with van der Waals surface area (Å²) in [5.41, 5.74) is 3.62. The molecule has 186 valence electrons. The van der Waals surface area contributed by atoms with Crippen LogP contribution in [0.3, 0.4) is 0 Å². The molecule has 0 atom stereocenters. The van der Waals surface area contributed by atoms with Crippen LogP contribution in [-0.2, 0) is 27.8 Å². The second kappa shape index (κ2) is 10.4. The number of carbonyl (C=O) groups excluding carboxylic acids is 1. The zero-order valence-electron chi connectivity index (χ0n) is 20.3. The molecule has 9 heteroatoms. The molecule has 0 aliphatic carbocycles. The van der Waals surface area contributed by atoms with E-state index in [-0.39, 0.29) is 35.7 Å². The Labute approximate surface area is 209 Å². The lowest BCUT2D eigenvalue weighted by Gasteiger charge is -2.22. The predicted octanol–water partition coefficient (Wildman–Crippen LogP) is 4.11. The van der Waals surface area contributed by atoms with E-state index < -0.39 is 16.0 Å². The van der Waals surface area contributed by atoms with E-state index >= 15 is 0 Å². The van der Waals surface area contributed by atoms with Gasteiger partial charge in [-0.1, -0.05) is 12.1 Å². The maximum Gasteiger partial charge on any atom is 0.338 e. The molecule has 0 saturated heterocycles. The molecule has 0 spiro atoms. The number of aromatic nitrogens is 2. The minimum absolute atomic E-state index is 0.00321. The number of nitrogens with one attached hydrogen (secondary N) is 1. The number of carbonyl (C=O) groups is 1. The lowest BCUT2D eigenvalue weighted by Crippen LogP contribution is -2.32. The van der Waals surface area contributed by atoms with Gasteiger partial charge in [0, 0.05) is 41.9 Å². The van der Waals surface area contributed by atoms with Crippen molar-refractivity contribution >= 4 is 26.9 Å². The van der Waals surface area contributed by atoms with Gasteiger partial charge >= 0.3 is 5.97 Å². The quantitative estimate of drug-likeness (QED) is 0.361. The molecule has 4 rings (SSSR count). The van der Waals surface area contributed by atoms with E-state index in [4.69, 9.17) is 4.74 Å². The lowest BCUT2D eigenvalue weighted by atomic mass is 10.0. The van der Waals surface area contributed by atoms with Gasteiger partial charge in [-0.15, -0.1) is 0 Å². The van der Waals surface area contributed by atoms with E-state index in [0.29, 0.717) is 16.6 Å². The lowest BCUT2D eigenvalue weighted by molar-refractivity contribution is 0.0526. The van der Waals surface area contributed by atoms with Crippen LogP contribution in [-0.4, -0.2) is 35.3 Å².